The molecule has 0 saturated carbocycles. The number of rotatable bonds is 6. The molecule has 0 aliphatic rings. The normalized spacial score (nSPS) is 11.4. The molecule has 0 atom stereocenters. The number of carbonyl (C=O) groups excluding carboxylic acids is 1. The van der Waals surface area contributed by atoms with Crippen LogP contribution in [0.1, 0.15) is 44.4 Å². The van der Waals surface area contributed by atoms with E-state index in [0.717, 1.165) is 45.9 Å². The number of aryl methyl sites for hydroxylation is 1. The van der Waals surface area contributed by atoms with Crippen molar-refractivity contribution in [2.75, 3.05) is 5.32 Å². The van der Waals surface area contributed by atoms with E-state index in [1.165, 1.54) is 0 Å². The number of amides is 1. The third kappa shape index (κ3) is 4.68. The van der Waals surface area contributed by atoms with Crippen LogP contribution in [0.4, 0.5) is 5.69 Å². The van der Waals surface area contributed by atoms with Crippen LogP contribution in [0.3, 0.4) is 0 Å². The number of hydrogen-bond donors (Lipinski definition) is 1. The highest BCUT2D eigenvalue weighted by Crippen LogP contribution is 2.29. The molecule has 0 aliphatic heterocycles. The van der Waals surface area contributed by atoms with Gasteiger partial charge in [-0.25, -0.2) is 0 Å². The van der Waals surface area contributed by atoms with Crippen LogP contribution in [0.15, 0.2) is 42.6 Å². The molecule has 0 aliphatic carbocycles. The second-order valence-corrected chi connectivity index (χ2v) is 6.09. The summed E-state index contributed by atoms with van der Waals surface area (Å²) in [5, 5.41) is 3.62. The fourth-order valence-electron chi connectivity index (χ4n) is 2.34. The lowest BCUT2D eigenvalue weighted by Crippen LogP contribution is -2.09. The minimum absolute atomic E-state index is 0.000383. The second-order valence-electron chi connectivity index (χ2n) is 5.68. The van der Waals surface area contributed by atoms with E-state index in [1.54, 1.807) is 0 Å². The minimum Gasteiger partial charge on any atom is -0.326 e. The molecule has 0 spiro atoms. The summed E-state index contributed by atoms with van der Waals surface area (Å²) in [4.78, 5) is 16.0. The van der Waals surface area contributed by atoms with Crippen LogP contribution < -0.4 is 5.32 Å². The van der Waals surface area contributed by atoms with E-state index in [4.69, 9.17) is 11.6 Å². The molecular formula is C20H23ClN2O. The molecule has 3 nitrogen and oxygen atoms in total. The number of halogens is 1. The van der Waals surface area contributed by atoms with Gasteiger partial charge in [-0.3, -0.25) is 9.78 Å². The SMILES string of the molecule is CCC/C=C(/Cl)c1cc(-c2cccc(NC(=O)CC)c2)cnc1C. The van der Waals surface area contributed by atoms with Crippen molar-refractivity contribution in [3.05, 3.63) is 53.9 Å². The maximum Gasteiger partial charge on any atom is 0.224 e. The first kappa shape index (κ1) is 18.2. The molecule has 0 bridgehead atoms. The van der Waals surface area contributed by atoms with Gasteiger partial charge in [0.1, 0.15) is 0 Å². The van der Waals surface area contributed by atoms with E-state index >= 15 is 0 Å². The molecule has 1 aromatic carbocycles. The van der Waals surface area contributed by atoms with Gasteiger partial charge in [-0.1, -0.05) is 50.1 Å². The first-order chi connectivity index (χ1) is 11.5. The van der Waals surface area contributed by atoms with Crippen molar-refractivity contribution in [2.24, 2.45) is 0 Å². The lowest BCUT2D eigenvalue weighted by Gasteiger charge is -2.10. The van der Waals surface area contributed by atoms with Crippen LogP contribution in [-0.4, -0.2) is 10.9 Å². The highest BCUT2D eigenvalue weighted by atomic mass is 35.5. The lowest BCUT2D eigenvalue weighted by molar-refractivity contribution is -0.115. The predicted molar refractivity (Wildman–Crippen MR) is 102 cm³/mol. The third-order valence-electron chi connectivity index (χ3n) is 3.76. The molecular weight excluding hydrogens is 320 g/mol. The van der Waals surface area contributed by atoms with Crippen LogP contribution in [-0.2, 0) is 4.79 Å². The van der Waals surface area contributed by atoms with E-state index in [0.29, 0.717) is 6.42 Å². The molecule has 0 unspecified atom stereocenters. The van der Waals surface area contributed by atoms with E-state index in [9.17, 15) is 4.79 Å². The number of pyridine rings is 1. The van der Waals surface area contributed by atoms with Crippen LogP contribution in [0, 0.1) is 6.92 Å². The third-order valence-corrected chi connectivity index (χ3v) is 4.12. The molecule has 4 heteroatoms. The minimum atomic E-state index is 0.000383. The monoisotopic (exact) mass is 342 g/mol. The Morgan fingerprint density at radius 2 is 2.04 bits per heavy atom. The van der Waals surface area contributed by atoms with Crippen molar-refractivity contribution in [2.45, 2.75) is 40.0 Å². The fraction of sp³-hybridized carbons (Fsp3) is 0.300. The zero-order valence-corrected chi connectivity index (χ0v) is 15.2. The average Bonchev–Trinajstić information content (AvgIpc) is 2.60. The molecule has 0 fully saturated rings. The smallest absolute Gasteiger partial charge is 0.224 e. The van der Waals surface area contributed by atoms with Gasteiger partial charge >= 0.3 is 0 Å². The van der Waals surface area contributed by atoms with Crippen LogP contribution in [0.2, 0.25) is 0 Å². The summed E-state index contributed by atoms with van der Waals surface area (Å²) in [6, 6.07) is 9.81. The van der Waals surface area contributed by atoms with Crippen molar-refractivity contribution in [1.82, 2.24) is 4.98 Å². The van der Waals surface area contributed by atoms with Gasteiger partial charge in [0, 0.05) is 40.2 Å². The summed E-state index contributed by atoms with van der Waals surface area (Å²) in [5.41, 5.74) is 4.62. The number of nitrogens with zero attached hydrogens (tertiary/aromatic N) is 1. The number of allylic oxidation sites excluding steroid dienone is 1. The number of anilines is 1. The van der Waals surface area contributed by atoms with Crippen molar-refractivity contribution < 1.29 is 4.79 Å². The molecule has 1 N–H and O–H groups in total. The molecule has 24 heavy (non-hydrogen) atoms. The Kier molecular flexibility index (Phi) is 6.56. The zero-order valence-electron chi connectivity index (χ0n) is 14.4. The van der Waals surface area contributed by atoms with E-state index < -0.39 is 0 Å². The van der Waals surface area contributed by atoms with Crippen LogP contribution in [0.5, 0.6) is 0 Å². The summed E-state index contributed by atoms with van der Waals surface area (Å²) in [6.07, 6.45) is 6.33. The summed E-state index contributed by atoms with van der Waals surface area (Å²) >= 11 is 6.43. The average molecular weight is 343 g/mol. The lowest BCUT2D eigenvalue weighted by atomic mass is 10.0. The number of unbranched alkanes of at least 4 members (excludes halogenated alkanes) is 1. The molecule has 2 rings (SSSR count). The number of carbonyl (C=O) groups is 1. The van der Waals surface area contributed by atoms with Crippen molar-refractivity contribution in [1.29, 1.82) is 0 Å². The van der Waals surface area contributed by atoms with Crippen molar-refractivity contribution >= 4 is 28.2 Å². The molecule has 0 saturated heterocycles. The van der Waals surface area contributed by atoms with Gasteiger partial charge < -0.3 is 5.32 Å². The molecule has 1 amide bonds. The first-order valence-corrected chi connectivity index (χ1v) is 8.65. The Balaban J connectivity index is 2.36. The van der Waals surface area contributed by atoms with E-state index in [-0.39, 0.29) is 5.91 Å². The number of hydrogen-bond acceptors (Lipinski definition) is 2. The maximum atomic E-state index is 11.6. The van der Waals surface area contributed by atoms with Crippen LogP contribution in [0.25, 0.3) is 16.2 Å². The highest BCUT2D eigenvalue weighted by Gasteiger charge is 2.08. The van der Waals surface area contributed by atoms with Crippen molar-refractivity contribution in [3.8, 4) is 11.1 Å². The Hall–Kier alpha value is -2.13. The van der Waals surface area contributed by atoms with Gasteiger partial charge in [-0.05, 0) is 37.1 Å². The van der Waals surface area contributed by atoms with Gasteiger partial charge in [0.05, 0.1) is 0 Å². The highest BCUT2D eigenvalue weighted by molar-refractivity contribution is 6.48. The molecule has 126 valence electrons. The number of benzene rings is 1. The quantitative estimate of drug-likeness (QED) is 0.722. The molecule has 2 aromatic rings. The van der Waals surface area contributed by atoms with Gasteiger partial charge in [0.2, 0.25) is 5.91 Å². The second kappa shape index (κ2) is 8.65. The van der Waals surface area contributed by atoms with E-state index in [2.05, 4.69) is 23.3 Å². The topological polar surface area (TPSA) is 42.0 Å². The van der Waals surface area contributed by atoms with Gasteiger partial charge in [-0.15, -0.1) is 0 Å². The maximum absolute atomic E-state index is 11.6. The Morgan fingerprint density at radius 3 is 2.75 bits per heavy atom. The molecule has 1 aromatic heterocycles. The molecule has 0 radical (unpaired) electrons. The van der Waals surface area contributed by atoms with Crippen molar-refractivity contribution in [3.63, 3.8) is 0 Å². The van der Waals surface area contributed by atoms with Gasteiger partial charge in [-0.2, -0.15) is 0 Å². The van der Waals surface area contributed by atoms with Gasteiger partial charge in [0.25, 0.3) is 0 Å². The summed E-state index contributed by atoms with van der Waals surface area (Å²) < 4.78 is 0. The number of aromatic nitrogens is 1. The summed E-state index contributed by atoms with van der Waals surface area (Å²) in [6.45, 7) is 5.91. The number of nitrogens with one attached hydrogen (secondary N) is 1. The largest absolute Gasteiger partial charge is 0.326 e. The van der Waals surface area contributed by atoms with E-state index in [1.807, 2.05) is 50.4 Å². The standard InChI is InChI=1S/C20H23ClN2O/c1-4-6-10-19(21)18-12-16(13-22-14(18)3)15-8-7-9-17(11-15)23-20(24)5-2/h7-13H,4-6H2,1-3H3,(H,23,24)/b19-10+. The Morgan fingerprint density at radius 1 is 1.25 bits per heavy atom. The molecule has 1 heterocycles. The fourth-order valence-corrected chi connectivity index (χ4v) is 2.64. The van der Waals surface area contributed by atoms with Gasteiger partial charge in [0.15, 0.2) is 0 Å². The summed E-state index contributed by atoms with van der Waals surface area (Å²) in [7, 11) is 0. The summed E-state index contributed by atoms with van der Waals surface area (Å²) in [5.74, 6) is 0.000383. The predicted octanol–water partition coefficient (Wildman–Crippen LogP) is 5.79. The first-order valence-electron chi connectivity index (χ1n) is 8.28. The Bertz CT molecular complexity index is 753. The zero-order chi connectivity index (χ0) is 17.5. The van der Waals surface area contributed by atoms with Crippen LogP contribution >= 0.6 is 11.6 Å². The Labute approximate surface area is 148 Å².